The maximum atomic E-state index is 15.5. The molecule has 2 atom stereocenters. The summed E-state index contributed by atoms with van der Waals surface area (Å²) in [4.78, 5) is 29.0. The summed E-state index contributed by atoms with van der Waals surface area (Å²) in [5, 5.41) is 7.43. The van der Waals surface area contributed by atoms with E-state index in [1.807, 2.05) is 24.3 Å². The summed E-state index contributed by atoms with van der Waals surface area (Å²) >= 11 is 3.49. The standard InChI is InChI=1S/C29H30BrF2N3O5/c1-16(33-2)27(36)34-26-28(37)35(15-20-19-6-5-18(30)14-17(19)4-9-23(20)38-3)22-8-7-21(31)24(32)25(22)40-29(26)10-12-39-13-11-29/h4-9,14,16,26,33H,10-13,15H2,1-3H3,(H,34,36)/t16-,26+/m0/s1. The van der Waals surface area contributed by atoms with E-state index in [1.165, 1.54) is 18.1 Å². The third kappa shape index (κ3) is 5.02. The van der Waals surface area contributed by atoms with E-state index in [1.54, 1.807) is 20.0 Å². The van der Waals surface area contributed by atoms with Gasteiger partial charge in [0.05, 0.1) is 38.6 Å². The quantitative estimate of drug-likeness (QED) is 0.425. The van der Waals surface area contributed by atoms with Crippen LogP contribution in [0.1, 0.15) is 25.3 Å². The van der Waals surface area contributed by atoms with Gasteiger partial charge >= 0.3 is 0 Å². The Morgan fingerprint density at radius 1 is 1.20 bits per heavy atom. The minimum absolute atomic E-state index is 0.0526. The van der Waals surface area contributed by atoms with Crippen LogP contribution in [0, 0.1) is 11.6 Å². The number of anilines is 1. The number of amides is 2. The smallest absolute Gasteiger partial charge is 0.254 e. The molecule has 212 valence electrons. The minimum Gasteiger partial charge on any atom is -0.496 e. The topological polar surface area (TPSA) is 89.1 Å². The lowest BCUT2D eigenvalue weighted by Gasteiger charge is -2.41. The average Bonchev–Trinajstić information content (AvgIpc) is 3.04. The molecule has 3 aromatic rings. The lowest BCUT2D eigenvalue weighted by molar-refractivity contribution is -0.138. The van der Waals surface area contributed by atoms with E-state index < -0.39 is 41.1 Å². The molecule has 11 heteroatoms. The number of hydrogen-bond donors (Lipinski definition) is 2. The fourth-order valence-electron chi connectivity index (χ4n) is 5.31. The van der Waals surface area contributed by atoms with Gasteiger partial charge in [-0.05, 0) is 55.1 Å². The van der Waals surface area contributed by atoms with E-state index in [0.29, 0.717) is 11.3 Å². The van der Waals surface area contributed by atoms with Gasteiger partial charge in [0.15, 0.2) is 11.6 Å². The van der Waals surface area contributed by atoms with Crippen LogP contribution in [0.25, 0.3) is 10.8 Å². The Morgan fingerprint density at radius 3 is 2.65 bits per heavy atom. The number of fused-ring (bicyclic) bond motifs is 2. The first-order valence-corrected chi connectivity index (χ1v) is 13.8. The molecule has 0 unspecified atom stereocenters. The second-order valence-electron chi connectivity index (χ2n) is 9.98. The van der Waals surface area contributed by atoms with Crippen molar-refractivity contribution in [3.63, 3.8) is 0 Å². The number of carbonyl (C=O) groups excluding carboxylic acids is 2. The van der Waals surface area contributed by atoms with Crippen LogP contribution in [0.15, 0.2) is 46.9 Å². The van der Waals surface area contributed by atoms with Crippen LogP contribution >= 0.6 is 15.9 Å². The molecule has 2 aliphatic rings. The van der Waals surface area contributed by atoms with E-state index in [9.17, 15) is 14.0 Å². The summed E-state index contributed by atoms with van der Waals surface area (Å²) in [6.45, 7) is 2.05. The SMILES string of the molecule is CN[C@@H](C)C(=O)N[C@@H]1C(=O)N(Cc2c(OC)ccc3cc(Br)ccc23)c2ccc(F)c(F)c2OC12CCOCC2. The number of halogens is 3. The Hall–Kier alpha value is -3.28. The van der Waals surface area contributed by atoms with Crippen LogP contribution < -0.4 is 25.0 Å². The van der Waals surface area contributed by atoms with Crippen molar-refractivity contribution in [2.45, 2.75) is 44.0 Å². The molecule has 0 radical (unpaired) electrons. The average molecular weight is 618 g/mol. The lowest BCUT2D eigenvalue weighted by atomic mass is 9.84. The van der Waals surface area contributed by atoms with Gasteiger partial charge in [-0.3, -0.25) is 9.59 Å². The van der Waals surface area contributed by atoms with E-state index in [2.05, 4.69) is 26.6 Å². The summed E-state index contributed by atoms with van der Waals surface area (Å²) in [6.07, 6.45) is 0.374. The van der Waals surface area contributed by atoms with E-state index in [0.717, 1.165) is 21.3 Å². The highest BCUT2D eigenvalue weighted by atomic mass is 79.9. The molecule has 0 aromatic heterocycles. The van der Waals surface area contributed by atoms with Crippen molar-refractivity contribution in [3.05, 3.63) is 64.1 Å². The summed E-state index contributed by atoms with van der Waals surface area (Å²) in [5.74, 6) is -3.12. The van der Waals surface area contributed by atoms with Gasteiger partial charge in [-0.2, -0.15) is 4.39 Å². The van der Waals surface area contributed by atoms with E-state index in [4.69, 9.17) is 14.2 Å². The van der Waals surface area contributed by atoms with Crippen molar-refractivity contribution in [1.82, 2.24) is 10.6 Å². The summed E-state index contributed by atoms with van der Waals surface area (Å²) < 4.78 is 48.4. The van der Waals surface area contributed by atoms with Crippen molar-refractivity contribution in [1.29, 1.82) is 0 Å². The molecule has 1 fully saturated rings. The summed E-state index contributed by atoms with van der Waals surface area (Å²) in [5.41, 5.74) is -0.637. The van der Waals surface area contributed by atoms with E-state index >= 15 is 4.39 Å². The molecule has 2 heterocycles. The van der Waals surface area contributed by atoms with E-state index in [-0.39, 0.29) is 44.0 Å². The molecule has 0 saturated carbocycles. The zero-order valence-electron chi connectivity index (χ0n) is 22.4. The molecule has 8 nitrogen and oxygen atoms in total. The molecule has 1 saturated heterocycles. The van der Waals surface area contributed by atoms with Crippen molar-refractivity contribution in [2.75, 3.05) is 32.3 Å². The molecule has 2 N–H and O–H groups in total. The van der Waals surface area contributed by atoms with Gasteiger partial charge in [0.25, 0.3) is 5.91 Å². The second-order valence-corrected chi connectivity index (χ2v) is 10.9. The molecular formula is C29H30BrF2N3O5. The van der Waals surface area contributed by atoms with Crippen molar-refractivity contribution in [2.24, 2.45) is 0 Å². The number of benzene rings is 3. The number of hydrogen-bond acceptors (Lipinski definition) is 6. The number of nitrogens with zero attached hydrogens (tertiary/aromatic N) is 1. The highest BCUT2D eigenvalue weighted by molar-refractivity contribution is 9.10. The summed E-state index contributed by atoms with van der Waals surface area (Å²) in [6, 6.07) is 9.88. The third-order valence-electron chi connectivity index (χ3n) is 7.70. The van der Waals surface area contributed by atoms with Gasteiger partial charge in [-0.15, -0.1) is 0 Å². The third-order valence-corrected chi connectivity index (χ3v) is 8.20. The van der Waals surface area contributed by atoms with Crippen LogP contribution in [0.5, 0.6) is 11.5 Å². The highest BCUT2D eigenvalue weighted by Gasteiger charge is 2.52. The molecular weight excluding hydrogens is 588 g/mol. The molecule has 40 heavy (non-hydrogen) atoms. The van der Waals surface area contributed by atoms with Gasteiger partial charge in [-0.1, -0.05) is 28.1 Å². The minimum atomic E-state index is -1.36. The molecule has 5 rings (SSSR count). The number of methoxy groups -OCH3 is 1. The first-order chi connectivity index (χ1) is 19.2. The van der Waals surface area contributed by atoms with Crippen molar-refractivity contribution >= 4 is 44.2 Å². The Labute approximate surface area is 239 Å². The van der Waals surface area contributed by atoms with Gasteiger partial charge in [0.1, 0.15) is 17.4 Å². The number of likely N-dealkylation sites (N-methyl/N-ethyl adjacent to an activating group) is 1. The highest BCUT2D eigenvalue weighted by Crippen LogP contribution is 2.44. The molecule has 0 aliphatic carbocycles. The summed E-state index contributed by atoms with van der Waals surface area (Å²) in [7, 11) is 3.16. The first-order valence-electron chi connectivity index (χ1n) is 13.0. The van der Waals surface area contributed by atoms with Crippen LogP contribution in [0.3, 0.4) is 0 Å². The fraction of sp³-hybridized carbons (Fsp3) is 0.379. The zero-order valence-corrected chi connectivity index (χ0v) is 23.9. The molecule has 2 amide bonds. The maximum Gasteiger partial charge on any atom is 0.254 e. The molecule has 0 bridgehead atoms. The van der Waals surface area contributed by atoms with Crippen LogP contribution in [0.2, 0.25) is 0 Å². The van der Waals surface area contributed by atoms with Crippen molar-refractivity contribution in [3.8, 4) is 11.5 Å². The largest absolute Gasteiger partial charge is 0.496 e. The monoisotopic (exact) mass is 617 g/mol. The van der Waals surface area contributed by atoms with Gasteiger partial charge < -0.3 is 29.7 Å². The second kappa shape index (κ2) is 11.3. The lowest BCUT2D eigenvalue weighted by Crippen LogP contribution is -2.65. The normalized spacial score (nSPS) is 19.1. The molecule has 3 aromatic carbocycles. The Bertz CT molecular complexity index is 1460. The van der Waals surface area contributed by atoms with Crippen LogP contribution in [-0.2, 0) is 20.9 Å². The Kier molecular flexibility index (Phi) is 7.98. The Balaban J connectivity index is 1.70. The maximum absolute atomic E-state index is 15.5. The Morgan fingerprint density at radius 2 is 1.95 bits per heavy atom. The van der Waals surface area contributed by atoms with Crippen molar-refractivity contribution < 1.29 is 32.6 Å². The number of rotatable bonds is 6. The van der Waals surface area contributed by atoms with Gasteiger partial charge in [0, 0.05) is 22.9 Å². The molecule has 1 spiro atoms. The van der Waals surface area contributed by atoms with Crippen LogP contribution in [-0.4, -0.2) is 56.9 Å². The molecule has 2 aliphatic heterocycles. The van der Waals surface area contributed by atoms with Gasteiger partial charge in [-0.25, -0.2) is 4.39 Å². The number of carbonyl (C=O) groups is 2. The zero-order chi connectivity index (χ0) is 28.6. The first kappa shape index (κ1) is 28.3. The number of nitrogens with one attached hydrogen (secondary N) is 2. The fourth-order valence-corrected chi connectivity index (χ4v) is 5.69. The van der Waals surface area contributed by atoms with Gasteiger partial charge in [0.2, 0.25) is 11.7 Å². The predicted molar refractivity (Wildman–Crippen MR) is 150 cm³/mol. The number of ether oxygens (including phenoxy) is 3. The van der Waals surface area contributed by atoms with Crippen LogP contribution in [0.4, 0.5) is 14.5 Å². The predicted octanol–water partition coefficient (Wildman–Crippen LogP) is 4.46.